The van der Waals surface area contributed by atoms with Gasteiger partial charge < -0.3 is 15.0 Å². The summed E-state index contributed by atoms with van der Waals surface area (Å²) in [5.74, 6) is -0.522. The van der Waals surface area contributed by atoms with Gasteiger partial charge in [0.05, 0.1) is 25.2 Å². The lowest BCUT2D eigenvalue weighted by atomic mass is 10.1. The van der Waals surface area contributed by atoms with E-state index in [1.54, 1.807) is 11.5 Å². The number of carbonyl (C=O) groups excluding carboxylic acids is 1. The number of hydrogen-bond donors (Lipinski definition) is 1. The number of fused-ring (bicyclic) bond motifs is 1. The zero-order valence-electron chi connectivity index (χ0n) is 9.43. The van der Waals surface area contributed by atoms with Crippen LogP contribution in [0.2, 0.25) is 0 Å². The zero-order valence-corrected chi connectivity index (χ0v) is 10.2. The predicted octanol–water partition coefficient (Wildman–Crippen LogP) is 0.762. The van der Waals surface area contributed by atoms with Gasteiger partial charge in [-0.2, -0.15) is 0 Å². The molecule has 1 aromatic heterocycles. The van der Waals surface area contributed by atoms with Gasteiger partial charge in [0.2, 0.25) is 0 Å². The average Bonchev–Trinajstić information content (AvgIpc) is 2.75. The highest BCUT2D eigenvalue weighted by atomic mass is 35.5. The average molecular weight is 264 g/mol. The fourth-order valence-electron chi connectivity index (χ4n) is 1.89. The van der Waals surface area contributed by atoms with Crippen molar-refractivity contribution >= 4 is 18.4 Å². The molecule has 2 rings (SSSR count). The third kappa shape index (κ3) is 2.58. The quantitative estimate of drug-likeness (QED) is 0.818. The largest absolute Gasteiger partial charge is 0.465 e. The Hall–Kier alpha value is -1.14. The molecule has 2 N–H and O–H groups in total. The van der Waals surface area contributed by atoms with Gasteiger partial charge in [0.25, 0.3) is 0 Å². The first kappa shape index (κ1) is 13.9. The van der Waals surface area contributed by atoms with E-state index in [0.717, 1.165) is 0 Å². The normalized spacial score (nSPS) is 19.4. The molecule has 0 bridgehead atoms. The highest BCUT2D eigenvalue weighted by molar-refractivity contribution is 5.85. The molecule has 1 unspecified atom stereocenters. The van der Waals surface area contributed by atoms with Crippen molar-refractivity contribution in [3.05, 3.63) is 17.7 Å². The smallest absolute Gasteiger partial charge is 0.329 e. The zero-order chi connectivity index (χ0) is 11.7. The Morgan fingerprint density at radius 1 is 1.82 bits per heavy atom. The number of nitrogens with two attached hydrogens (primary N) is 1. The molecule has 5 nitrogen and oxygen atoms in total. The first-order chi connectivity index (χ1) is 7.63. The lowest BCUT2D eigenvalue weighted by Gasteiger charge is -2.09. The van der Waals surface area contributed by atoms with Crippen LogP contribution < -0.4 is 5.73 Å². The summed E-state index contributed by atoms with van der Waals surface area (Å²) in [5, 5.41) is 0. The fourth-order valence-corrected chi connectivity index (χ4v) is 1.89. The van der Waals surface area contributed by atoms with E-state index in [9.17, 15) is 9.18 Å². The molecule has 0 amide bonds. The maximum absolute atomic E-state index is 13.1. The number of alkyl halides is 1. The topological polar surface area (TPSA) is 70.1 Å². The number of imidazole rings is 1. The van der Waals surface area contributed by atoms with Crippen molar-refractivity contribution in [1.29, 1.82) is 0 Å². The monoisotopic (exact) mass is 263 g/mol. The van der Waals surface area contributed by atoms with Crippen molar-refractivity contribution in [3.63, 3.8) is 0 Å². The van der Waals surface area contributed by atoms with E-state index < -0.39 is 18.2 Å². The van der Waals surface area contributed by atoms with E-state index in [1.165, 1.54) is 6.33 Å². The van der Waals surface area contributed by atoms with Crippen LogP contribution in [0.3, 0.4) is 0 Å². The van der Waals surface area contributed by atoms with Crippen LogP contribution in [0.1, 0.15) is 24.4 Å². The van der Waals surface area contributed by atoms with Gasteiger partial charge in [0.15, 0.2) is 0 Å². The number of nitrogens with zero attached hydrogens (tertiary/aromatic N) is 2. The molecule has 1 aliphatic rings. The van der Waals surface area contributed by atoms with E-state index in [2.05, 4.69) is 4.98 Å². The van der Waals surface area contributed by atoms with Crippen molar-refractivity contribution in [3.8, 4) is 0 Å². The van der Waals surface area contributed by atoms with Gasteiger partial charge in [0.1, 0.15) is 12.2 Å². The number of carbonyl (C=O) groups is 1. The van der Waals surface area contributed by atoms with E-state index in [-0.39, 0.29) is 32.0 Å². The highest BCUT2D eigenvalue weighted by Gasteiger charge is 2.30. The standard InChI is InChI=1S/C10H14FN3O2.ClH/c1-2-16-10(15)8(12)9-7-3-6(11)4-14(7)5-13-9;/h5-6,8H,2-4,12H2,1H3;1H/t6-,8?;/m1./s1. The Balaban J connectivity index is 0.00000144. The summed E-state index contributed by atoms with van der Waals surface area (Å²) in [6.45, 7) is 2.27. The molecule has 96 valence electrons. The van der Waals surface area contributed by atoms with Gasteiger partial charge in [0, 0.05) is 12.1 Å². The summed E-state index contributed by atoms with van der Waals surface area (Å²) in [7, 11) is 0. The van der Waals surface area contributed by atoms with E-state index in [4.69, 9.17) is 10.5 Å². The van der Waals surface area contributed by atoms with Crippen LogP contribution in [0.4, 0.5) is 4.39 Å². The SMILES string of the molecule is CCOC(=O)C(N)c1ncn2c1C[C@@H](F)C2.Cl. The van der Waals surface area contributed by atoms with Crippen molar-refractivity contribution in [2.24, 2.45) is 5.73 Å². The molecule has 0 spiro atoms. The number of halogens is 2. The molecular formula is C10H15ClFN3O2. The van der Waals surface area contributed by atoms with E-state index >= 15 is 0 Å². The van der Waals surface area contributed by atoms with Crippen molar-refractivity contribution < 1.29 is 13.9 Å². The first-order valence-corrected chi connectivity index (χ1v) is 5.23. The number of ether oxygens (including phenoxy) is 1. The number of esters is 1. The van der Waals surface area contributed by atoms with Crippen molar-refractivity contribution in [2.45, 2.75) is 32.1 Å². The van der Waals surface area contributed by atoms with Crippen LogP contribution in [0.5, 0.6) is 0 Å². The van der Waals surface area contributed by atoms with E-state index in [1.807, 2.05) is 0 Å². The minimum absolute atomic E-state index is 0. The lowest BCUT2D eigenvalue weighted by Crippen LogP contribution is -2.25. The Morgan fingerprint density at radius 3 is 3.18 bits per heavy atom. The van der Waals surface area contributed by atoms with Gasteiger partial charge in [-0.1, -0.05) is 0 Å². The summed E-state index contributed by atoms with van der Waals surface area (Å²) in [6, 6.07) is -0.915. The van der Waals surface area contributed by atoms with Crippen LogP contribution in [-0.4, -0.2) is 28.3 Å². The highest BCUT2D eigenvalue weighted by Crippen LogP contribution is 2.24. The third-order valence-corrected chi connectivity index (χ3v) is 2.62. The molecule has 1 aromatic rings. The summed E-state index contributed by atoms with van der Waals surface area (Å²) in [5.41, 5.74) is 6.85. The van der Waals surface area contributed by atoms with E-state index in [0.29, 0.717) is 11.4 Å². The second kappa shape index (κ2) is 5.46. The predicted molar refractivity (Wildman–Crippen MR) is 61.6 cm³/mol. The van der Waals surface area contributed by atoms with Gasteiger partial charge >= 0.3 is 5.97 Å². The Morgan fingerprint density at radius 2 is 2.53 bits per heavy atom. The molecule has 0 aliphatic carbocycles. The molecule has 0 fully saturated rings. The minimum atomic E-state index is -0.915. The molecule has 1 aliphatic heterocycles. The summed E-state index contributed by atoms with van der Waals surface area (Å²) in [4.78, 5) is 15.5. The Kier molecular flexibility index (Phi) is 4.47. The molecule has 0 radical (unpaired) electrons. The number of aromatic nitrogens is 2. The molecule has 2 atom stereocenters. The van der Waals surface area contributed by atoms with Gasteiger partial charge in [-0.05, 0) is 6.92 Å². The third-order valence-electron chi connectivity index (χ3n) is 2.62. The van der Waals surface area contributed by atoms with Crippen LogP contribution in [0.25, 0.3) is 0 Å². The fraction of sp³-hybridized carbons (Fsp3) is 0.600. The van der Waals surface area contributed by atoms with Crippen LogP contribution >= 0.6 is 12.4 Å². The maximum Gasteiger partial charge on any atom is 0.329 e. The van der Waals surface area contributed by atoms with Gasteiger partial charge in [-0.3, -0.25) is 0 Å². The molecule has 0 saturated heterocycles. The lowest BCUT2D eigenvalue weighted by molar-refractivity contribution is -0.144. The summed E-state index contributed by atoms with van der Waals surface area (Å²) >= 11 is 0. The Labute approximate surface area is 105 Å². The summed E-state index contributed by atoms with van der Waals surface area (Å²) in [6.07, 6.45) is 0.873. The second-order valence-corrected chi connectivity index (χ2v) is 3.76. The number of hydrogen-bond acceptors (Lipinski definition) is 4. The minimum Gasteiger partial charge on any atom is -0.465 e. The van der Waals surface area contributed by atoms with Crippen LogP contribution in [0.15, 0.2) is 6.33 Å². The van der Waals surface area contributed by atoms with Crippen molar-refractivity contribution in [1.82, 2.24) is 9.55 Å². The van der Waals surface area contributed by atoms with Crippen molar-refractivity contribution in [2.75, 3.05) is 6.61 Å². The molecular weight excluding hydrogens is 249 g/mol. The number of rotatable bonds is 3. The second-order valence-electron chi connectivity index (χ2n) is 3.76. The molecule has 2 heterocycles. The van der Waals surface area contributed by atoms with Crippen LogP contribution in [0, 0.1) is 0 Å². The molecule has 0 aromatic carbocycles. The molecule has 7 heteroatoms. The van der Waals surface area contributed by atoms with Gasteiger partial charge in [-0.15, -0.1) is 12.4 Å². The first-order valence-electron chi connectivity index (χ1n) is 5.23. The van der Waals surface area contributed by atoms with Gasteiger partial charge in [-0.25, -0.2) is 14.2 Å². The Bertz CT molecular complexity index is 410. The molecule has 0 saturated carbocycles. The maximum atomic E-state index is 13.1. The van der Waals surface area contributed by atoms with Crippen LogP contribution in [-0.2, 0) is 22.5 Å². The molecule has 17 heavy (non-hydrogen) atoms. The summed E-state index contributed by atoms with van der Waals surface area (Å²) < 4.78 is 19.6.